The minimum atomic E-state index is -0.471. The van der Waals surface area contributed by atoms with Gasteiger partial charge in [-0.3, -0.25) is 0 Å². The van der Waals surface area contributed by atoms with Gasteiger partial charge in [0.2, 0.25) is 0 Å². The molecule has 0 bridgehead atoms. The molecule has 0 aromatic heterocycles. The molecule has 1 saturated heterocycles. The summed E-state index contributed by atoms with van der Waals surface area (Å²) in [5, 5.41) is 13.6. The van der Waals surface area contributed by atoms with Gasteiger partial charge in [0.25, 0.3) is 0 Å². The molecular formula is C15H29N3O4S. The van der Waals surface area contributed by atoms with Crippen LogP contribution in [0, 0.1) is 0 Å². The van der Waals surface area contributed by atoms with Gasteiger partial charge in [-0.25, -0.2) is 0 Å². The van der Waals surface area contributed by atoms with Crippen molar-refractivity contribution in [2.24, 2.45) is 5.11 Å². The van der Waals surface area contributed by atoms with Crippen molar-refractivity contribution in [1.82, 2.24) is 0 Å². The molecule has 0 radical (unpaired) electrons. The molecule has 23 heavy (non-hydrogen) atoms. The molecule has 8 heteroatoms. The molecule has 1 aliphatic rings. The number of hydrogen-bond donors (Lipinski definition) is 1. The Bertz CT molecular complexity index is 369. The molecule has 1 aliphatic heterocycles. The molecule has 0 aliphatic carbocycles. The molecule has 134 valence electrons. The molecule has 0 aromatic carbocycles. The van der Waals surface area contributed by atoms with Crippen LogP contribution in [0.1, 0.15) is 39.5 Å². The third-order valence-electron chi connectivity index (χ3n) is 3.83. The van der Waals surface area contributed by atoms with Crippen molar-refractivity contribution in [2.75, 3.05) is 26.1 Å². The smallest absolute Gasteiger partial charge is 0.114 e. The van der Waals surface area contributed by atoms with Crippen molar-refractivity contribution >= 4 is 11.8 Å². The largest absolute Gasteiger partial charge is 0.394 e. The van der Waals surface area contributed by atoms with E-state index in [1.807, 2.05) is 6.26 Å². The number of thioether (sulfide) groups is 1. The Kier molecular flexibility index (Phi) is 10.7. The lowest BCUT2D eigenvalue weighted by atomic mass is 9.98. The van der Waals surface area contributed by atoms with E-state index in [9.17, 15) is 5.11 Å². The van der Waals surface area contributed by atoms with Crippen molar-refractivity contribution in [3.05, 3.63) is 10.4 Å². The normalized spacial score (nSPS) is 30.9. The van der Waals surface area contributed by atoms with Gasteiger partial charge in [-0.1, -0.05) is 31.8 Å². The first-order valence-corrected chi connectivity index (χ1v) is 9.58. The van der Waals surface area contributed by atoms with Gasteiger partial charge in [-0.2, -0.15) is 0 Å². The third kappa shape index (κ3) is 6.14. The molecule has 7 nitrogen and oxygen atoms in total. The van der Waals surface area contributed by atoms with Crippen molar-refractivity contribution in [3.63, 3.8) is 0 Å². The minimum absolute atomic E-state index is 0.148. The molecule has 0 spiro atoms. The molecule has 1 heterocycles. The van der Waals surface area contributed by atoms with E-state index in [-0.39, 0.29) is 12.0 Å². The van der Waals surface area contributed by atoms with E-state index < -0.39 is 24.4 Å². The lowest BCUT2D eigenvalue weighted by Crippen LogP contribution is -2.58. The quantitative estimate of drug-likeness (QED) is 0.268. The Labute approximate surface area is 142 Å². The molecule has 5 atom stereocenters. The maximum atomic E-state index is 9.66. The topological polar surface area (TPSA) is 96.7 Å². The zero-order valence-corrected chi connectivity index (χ0v) is 15.1. The van der Waals surface area contributed by atoms with Gasteiger partial charge in [-0.05, 0) is 24.6 Å². The second kappa shape index (κ2) is 11.9. The Morgan fingerprint density at radius 2 is 1.78 bits per heavy atom. The summed E-state index contributed by atoms with van der Waals surface area (Å²) in [4.78, 5) is 2.95. The third-order valence-corrected chi connectivity index (χ3v) is 4.68. The summed E-state index contributed by atoms with van der Waals surface area (Å²) in [6.45, 7) is 5.18. The monoisotopic (exact) mass is 347 g/mol. The minimum Gasteiger partial charge on any atom is -0.394 e. The zero-order valence-electron chi connectivity index (χ0n) is 14.3. The van der Waals surface area contributed by atoms with Crippen LogP contribution in [0.15, 0.2) is 5.11 Å². The van der Waals surface area contributed by atoms with E-state index in [4.69, 9.17) is 19.7 Å². The van der Waals surface area contributed by atoms with Crippen LogP contribution in [0.3, 0.4) is 0 Å². The second-order valence-corrected chi connectivity index (χ2v) is 6.47. The molecular weight excluding hydrogens is 318 g/mol. The van der Waals surface area contributed by atoms with Gasteiger partial charge in [0.15, 0.2) is 0 Å². The highest BCUT2D eigenvalue weighted by molar-refractivity contribution is 7.99. The van der Waals surface area contributed by atoms with E-state index in [1.54, 1.807) is 0 Å². The van der Waals surface area contributed by atoms with Crippen LogP contribution in [0.2, 0.25) is 0 Å². The summed E-state index contributed by atoms with van der Waals surface area (Å²) < 4.78 is 17.8. The highest BCUT2D eigenvalue weighted by Gasteiger charge is 2.46. The van der Waals surface area contributed by atoms with Crippen molar-refractivity contribution in [1.29, 1.82) is 0 Å². The van der Waals surface area contributed by atoms with E-state index in [0.717, 1.165) is 25.7 Å². The van der Waals surface area contributed by atoms with Crippen LogP contribution in [0.4, 0.5) is 0 Å². The van der Waals surface area contributed by atoms with Crippen LogP contribution in [0.25, 0.3) is 10.4 Å². The van der Waals surface area contributed by atoms with E-state index in [1.165, 1.54) is 11.8 Å². The van der Waals surface area contributed by atoms with Crippen LogP contribution in [0.5, 0.6) is 0 Å². The number of aliphatic hydroxyl groups excluding tert-OH is 1. The summed E-state index contributed by atoms with van der Waals surface area (Å²) in [5.41, 5.74) is 8.55. The predicted octanol–water partition coefficient (Wildman–Crippen LogP) is 3.12. The standard InChI is InChI=1S/C15H29N3O4S/c1-4-6-8-20-13-11(10-19)22-15(23-3)12(17-18-16)14(13)21-9-7-5-2/h11-15,19H,4-10H2,1-3H3/t11?,12-,13+,14?,15-/m0/s1. The fraction of sp³-hybridized carbons (Fsp3) is 1.00. The summed E-state index contributed by atoms with van der Waals surface area (Å²) in [5.74, 6) is 0. The van der Waals surface area contributed by atoms with E-state index in [2.05, 4.69) is 23.9 Å². The average Bonchev–Trinajstić information content (AvgIpc) is 2.57. The Morgan fingerprint density at radius 1 is 1.17 bits per heavy atom. The van der Waals surface area contributed by atoms with E-state index >= 15 is 0 Å². The van der Waals surface area contributed by atoms with Crippen molar-refractivity contribution in [2.45, 2.75) is 69.3 Å². The summed E-state index contributed by atoms with van der Waals surface area (Å²) >= 11 is 1.45. The van der Waals surface area contributed by atoms with Gasteiger partial charge in [0.1, 0.15) is 23.7 Å². The van der Waals surface area contributed by atoms with Gasteiger partial charge >= 0.3 is 0 Å². The summed E-state index contributed by atoms with van der Waals surface area (Å²) in [7, 11) is 0. The number of nitrogens with zero attached hydrogens (tertiary/aromatic N) is 3. The Morgan fingerprint density at radius 3 is 2.26 bits per heavy atom. The number of ether oxygens (including phenoxy) is 3. The number of unbranched alkanes of at least 4 members (excludes halogenated alkanes) is 2. The zero-order chi connectivity index (χ0) is 17.1. The average molecular weight is 347 g/mol. The lowest BCUT2D eigenvalue weighted by molar-refractivity contribution is -0.200. The molecule has 2 unspecified atom stereocenters. The summed E-state index contributed by atoms with van der Waals surface area (Å²) in [6.07, 6.45) is 4.48. The van der Waals surface area contributed by atoms with Gasteiger partial charge in [0.05, 0.1) is 12.7 Å². The van der Waals surface area contributed by atoms with Gasteiger partial charge in [0, 0.05) is 18.1 Å². The highest BCUT2D eigenvalue weighted by atomic mass is 32.2. The number of aliphatic hydroxyl groups is 1. The SMILES string of the molecule is CCCCOC1[C@H](OCCCC)C(CO)O[C@@H](SC)[C@H]1N=[N+]=[N-]. The first-order chi connectivity index (χ1) is 11.2. The first-order valence-electron chi connectivity index (χ1n) is 8.29. The second-order valence-electron chi connectivity index (χ2n) is 5.53. The van der Waals surface area contributed by atoms with Crippen LogP contribution >= 0.6 is 11.8 Å². The molecule has 1 fully saturated rings. The highest BCUT2D eigenvalue weighted by Crippen LogP contribution is 2.33. The van der Waals surface area contributed by atoms with Gasteiger partial charge in [-0.15, -0.1) is 11.8 Å². The van der Waals surface area contributed by atoms with Gasteiger partial charge < -0.3 is 19.3 Å². The van der Waals surface area contributed by atoms with Crippen molar-refractivity contribution < 1.29 is 19.3 Å². The predicted molar refractivity (Wildman–Crippen MR) is 91.5 cm³/mol. The summed E-state index contributed by atoms with van der Waals surface area (Å²) in [6, 6.07) is -0.471. The number of hydrogen-bond acceptors (Lipinski definition) is 6. The maximum Gasteiger partial charge on any atom is 0.114 e. The molecule has 0 aromatic rings. The molecule has 0 saturated carbocycles. The van der Waals surface area contributed by atoms with E-state index in [0.29, 0.717) is 13.2 Å². The maximum absolute atomic E-state index is 9.66. The van der Waals surface area contributed by atoms with Crippen molar-refractivity contribution in [3.8, 4) is 0 Å². The molecule has 1 N–H and O–H groups in total. The number of rotatable bonds is 11. The number of azide groups is 1. The molecule has 0 amide bonds. The molecule has 1 rings (SSSR count). The first kappa shape index (κ1) is 20.5. The van der Waals surface area contributed by atoms with Crippen LogP contribution < -0.4 is 0 Å². The van der Waals surface area contributed by atoms with Crippen LogP contribution in [-0.4, -0.2) is 61.0 Å². The Balaban J connectivity index is 2.93. The fourth-order valence-corrected chi connectivity index (χ4v) is 3.28. The fourth-order valence-electron chi connectivity index (χ4n) is 2.54. The Hall–Kier alpha value is -0.500. The van der Waals surface area contributed by atoms with Crippen LogP contribution in [-0.2, 0) is 14.2 Å². The lowest BCUT2D eigenvalue weighted by Gasteiger charge is -2.44.